The predicted molar refractivity (Wildman–Crippen MR) is 122 cm³/mol. The Balaban J connectivity index is 0.000000858. The van der Waals surface area contributed by atoms with Crippen molar-refractivity contribution in [2.75, 3.05) is 6.54 Å². The van der Waals surface area contributed by atoms with Gasteiger partial charge in [-0.2, -0.15) is 5.26 Å². The maximum atomic E-state index is 14.9. The topological polar surface area (TPSA) is 27.0 Å². The number of nitriles is 1. The molecule has 4 rings (SSSR count). The Morgan fingerprint density at radius 1 is 0.968 bits per heavy atom. The molecule has 2 nitrogen and oxygen atoms in total. The van der Waals surface area contributed by atoms with Crippen molar-refractivity contribution in [2.45, 2.75) is 83.2 Å². The quantitative estimate of drug-likeness (QED) is 0.434. The third-order valence-corrected chi connectivity index (χ3v) is 6.54. The molecule has 0 radical (unpaired) electrons. The second-order valence-electron chi connectivity index (χ2n) is 8.97. The average molecular weight is 425 g/mol. The van der Waals surface area contributed by atoms with Crippen molar-refractivity contribution >= 4 is 0 Å². The van der Waals surface area contributed by atoms with Crippen LogP contribution >= 0.6 is 0 Å². The van der Waals surface area contributed by atoms with Crippen LogP contribution in [0.1, 0.15) is 75.1 Å². The fraction of sp³-hybridized carbons (Fsp3) is 0.519. The maximum Gasteiger partial charge on any atom is 0.136 e. The summed E-state index contributed by atoms with van der Waals surface area (Å²) in [6, 6.07) is 18.6. The van der Waals surface area contributed by atoms with Gasteiger partial charge in [0, 0.05) is 19.5 Å². The summed E-state index contributed by atoms with van der Waals surface area (Å²) < 4.78 is 29.6. The van der Waals surface area contributed by atoms with Crippen LogP contribution in [0.2, 0.25) is 0 Å². The van der Waals surface area contributed by atoms with Crippen LogP contribution in [0.3, 0.4) is 0 Å². The molecule has 2 saturated carbocycles. The first-order valence-corrected chi connectivity index (χ1v) is 11.5. The molecule has 0 aliphatic heterocycles. The van der Waals surface area contributed by atoms with Gasteiger partial charge in [0.15, 0.2) is 0 Å². The third kappa shape index (κ3) is 5.92. The second kappa shape index (κ2) is 9.92. The molecule has 0 N–H and O–H groups in total. The number of hydrogen-bond acceptors (Lipinski definition) is 2. The molecule has 2 aliphatic carbocycles. The summed E-state index contributed by atoms with van der Waals surface area (Å²) in [6.07, 6.45) is 4.07. The van der Waals surface area contributed by atoms with E-state index in [2.05, 4.69) is 43.0 Å². The lowest BCUT2D eigenvalue weighted by atomic mass is 9.92. The first-order chi connectivity index (χ1) is 14.8. The molecule has 31 heavy (non-hydrogen) atoms. The summed E-state index contributed by atoms with van der Waals surface area (Å²) >= 11 is 0. The van der Waals surface area contributed by atoms with Crippen molar-refractivity contribution in [3.05, 3.63) is 70.8 Å². The van der Waals surface area contributed by atoms with Crippen molar-refractivity contribution in [1.29, 1.82) is 5.26 Å². The normalized spacial score (nSPS) is 18.5. The predicted octanol–water partition coefficient (Wildman–Crippen LogP) is 6.98. The van der Waals surface area contributed by atoms with Gasteiger partial charge < -0.3 is 0 Å². The largest absolute Gasteiger partial charge is 0.297 e. The Bertz CT molecular complexity index is 895. The van der Waals surface area contributed by atoms with E-state index in [0.717, 1.165) is 31.5 Å². The van der Waals surface area contributed by atoms with E-state index in [9.17, 15) is 8.78 Å². The lowest BCUT2D eigenvalue weighted by Crippen LogP contribution is -2.32. The molecule has 2 aromatic carbocycles. The molecule has 0 heterocycles. The minimum absolute atomic E-state index is 0.435. The number of halogens is 2. The van der Waals surface area contributed by atoms with Crippen LogP contribution in [0.5, 0.6) is 0 Å². The van der Waals surface area contributed by atoms with Gasteiger partial charge in [-0.1, -0.05) is 55.5 Å². The van der Waals surface area contributed by atoms with E-state index in [1.54, 1.807) is 6.07 Å². The van der Waals surface area contributed by atoms with Crippen LogP contribution in [-0.2, 0) is 24.3 Å². The van der Waals surface area contributed by atoms with Crippen molar-refractivity contribution in [3.63, 3.8) is 0 Å². The molecule has 4 heteroatoms. The van der Waals surface area contributed by atoms with Crippen LogP contribution in [0.4, 0.5) is 8.78 Å². The molecule has 1 atom stereocenters. The molecule has 1 unspecified atom stereocenters. The molecular formula is C27H34F2N2. The Morgan fingerprint density at radius 2 is 1.55 bits per heavy atom. The SMILES string of the molecule is CC#N.CCN(Cc1ccccc1)C(C)CCc1ccc(C2(F)CC2)c(C2(F)CC2)c1. The van der Waals surface area contributed by atoms with Crippen molar-refractivity contribution < 1.29 is 8.78 Å². The number of rotatable bonds is 9. The number of aryl methyl sites for hydroxylation is 1. The van der Waals surface area contributed by atoms with Crippen LogP contribution < -0.4 is 0 Å². The van der Waals surface area contributed by atoms with Crippen molar-refractivity contribution in [2.24, 2.45) is 0 Å². The van der Waals surface area contributed by atoms with Gasteiger partial charge in [0.2, 0.25) is 0 Å². The molecule has 166 valence electrons. The highest BCUT2D eigenvalue weighted by atomic mass is 19.1. The zero-order chi connectivity index (χ0) is 22.5. The van der Waals surface area contributed by atoms with E-state index in [1.165, 1.54) is 12.5 Å². The highest BCUT2D eigenvalue weighted by Gasteiger charge is 2.53. The summed E-state index contributed by atoms with van der Waals surface area (Å²) in [5, 5.41) is 7.32. The van der Waals surface area contributed by atoms with Crippen molar-refractivity contribution in [1.82, 2.24) is 4.90 Å². The molecule has 0 bridgehead atoms. The van der Waals surface area contributed by atoms with E-state index in [-0.39, 0.29) is 0 Å². The Kier molecular flexibility index (Phi) is 7.49. The lowest BCUT2D eigenvalue weighted by Gasteiger charge is -2.28. The first kappa shape index (κ1) is 23.4. The fourth-order valence-electron chi connectivity index (χ4n) is 4.22. The smallest absolute Gasteiger partial charge is 0.136 e. The van der Waals surface area contributed by atoms with E-state index in [1.807, 2.05) is 24.3 Å². The molecule has 0 spiro atoms. The molecule has 2 aliphatic rings. The summed E-state index contributed by atoms with van der Waals surface area (Å²) in [6.45, 7) is 7.83. The molecule has 2 aromatic rings. The van der Waals surface area contributed by atoms with Crippen molar-refractivity contribution in [3.8, 4) is 6.07 Å². The van der Waals surface area contributed by atoms with Crippen LogP contribution in [0.15, 0.2) is 48.5 Å². The molecule has 0 amide bonds. The summed E-state index contributed by atoms with van der Waals surface area (Å²) in [5.41, 5.74) is 1.17. The van der Waals surface area contributed by atoms with Crippen LogP contribution in [0, 0.1) is 11.3 Å². The molecule has 0 saturated heterocycles. The Labute approximate surface area is 185 Å². The van der Waals surface area contributed by atoms with E-state index in [4.69, 9.17) is 5.26 Å². The lowest BCUT2D eigenvalue weighted by molar-refractivity contribution is 0.201. The summed E-state index contributed by atoms with van der Waals surface area (Å²) in [7, 11) is 0. The number of benzene rings is 2. The minimum atomic E-state index is -1.28. The van der Waals surface area contributed by atoms with Gasteiger partial charge in [-0.3, -0.25) is 4.90 Å². The second-order valence-corrected chi connectivity index (χ2v) is 8.97. The van der Waals surface area contributed by atoms with Gasteiger partial charge in [0.05, 0.1) is 6.07 Å². The van der Waals surface area contributed by atoms with Gasteiger partial charge in [-0.05, 0) is 74.2 Å². The monoisotopic (exact) mass is 424 g/mol. The number of nitrogens with zero attached hydrogens (tertiary/aromatic N) is 2. The highest BCUT2D eigenvalue weighted by molar-refractivity contribution is 5.44. The summed E-state index contributed by atoms with van der Waals surface area (Å²) in [4.78, 5) is 2.48. The van der Waals surface area contributed by atoms with Gasteiger partial charge in [-0.15, -0.1) is 0 Å². The van der Waals surface area contributed by atoms with E-state index < -0.39 is 11.3 Å². The fourth-order valence-corrected chi connectivity index (χ4v) is 4.22. The maximum absolute atomic E-state index is 14.9. The third-order valence-electron chi connectivity index (χ3n) is 6.54. The first-order valence-electron chi connectivity index (χ1n) is 11.5. The van der Waals surface area contributed by atoms with E-state index in [0.29, 0.717) is 42.9 Å². The van der Waals surface area contributed by atoms with Crippen LogP contribution in [-0.4, -0.2) is 17.5 Å². The van der Waals surface area contributed by atoms with Gasteiger partial charge in [0.25, 0.3) is 0 Å². The minimum Gasteiger partial charge on any atom is -0.297 e. The highest BCUT2D eigenvalue weighted by Crippen LogP contribution is 2.58. The average Bonchev–Trinajstić information content (AvgIpc) is 3.70. The zero-order valence-corrected chi connectivity index (χ0v) is 19.0. The van der Waals surface area contributed by atoms with E-state index >= 15 is 0 Å². The van der Waals surface area contributed by atoms with Crippen LogP contribution in [0.25, 0.3) is 0 Å². The number of hydrogen-bond donors (Lipinski definition) is 0. The Morgan fingerprint density at radius 3 is 2.10 bits per heavy atom. The van der Waals surface area contributed by atoms with Gasteiger partial charge in [-0.25, -0.2) is 8.78 Å². The number of alkyl halides is 2. The van der Waals surface area contributed by atoms with Gasteiger partial charge in [0.1, 0.15) is 11.3 Å². The molecule has 0 aromatic heterocycles. The standard InChI is InChI=1S/C25H31F2N.C2H3N/c1-3-28(18-21-7-5-4-6-8-21)19(2)9-10-20-11-12-22(24(26)13-14-24)23(17-20)25(27)15-16-25;1-2-3/h4-8,11-12,17,19H,3,9-10,13-16,18H2,1-2H3;1H3. The Hall–Kier alpha value is -2.25. The van der Waals surface area contributed by atoms with Gasteiger partial charge >= 0.3 is 0 Å². The zero-order valence-electron chi connectivity index (χ0n) is 19.0. The molecule has 2 fully saturated rings. The molecular weight excluding hydrogens is 390 g/mol. The summed E-state index contributed by atoms with van der Waals surface area (Å²) in [5.74, 6) is 0.